The maximum absolute atomic E-state index is 14.5. The zero-order chi connectivity index (χ0) is 25.9. The molecular weight excluding hydrogens is 475 g/mol. The van der Waals surface area contributed by atoms with Crippen LogP contribution >= 0.6 is 0 Å². The van der Waals surface area contributed by atoms with Crippen molar-refractivity contribution in [2.24, 2.45) is 5.92 Å². The first-order valence-electron chi connectivity index (χ1n) is 13.2. The first-order valence-corrected chi connectivity index (χ1v) is 13.2. The van der Waals surface area contributed by atoms with Gasteiger partial charge in [0.05, 0.1) is 55.8 Å². The molecule has 0 saturated carbocycles. The second-order valence-corrected chi connectivity index (χ2v) is 9.80. The maximum atomic E-state index is 14.5. The Labute approximate surface area is 216 Å². The third-order valence-electron chi connectivity index (χ3n) is 7.54. The molecule has 5 heterocycles. The maximum Gasteiger partial charge on any atom is 0.250 e. The van der Waals surface area contributed by atoms with Gasteiger partial charge in [0.15, 0.2) is 5.82 Å². The van der Waals surface area contributed by atoms with Gasteiger partial charge in [0.1, 0.15) is 0 Å². The Bertz CT molecular complexity index is 1250. The summed E-state index contributed by atoms with van der Waals surface area (Å²) in [6.07, 6.45) is 10.6. The molecule has 1 fully saturated rings. The van der Waals surface area contributed by atoms with Crippen LogP contribution in [0.4, 0.5) is 4.39 Å². The summed E-state index contributed by atoms with van der Waals surface area (Å²) in [6.45, 7) is 6.91. The number of carbonyl (C=O) groups excluding carboxylic acids is 1. The van der Waals surface area contributed by atoms with E-state index in [4.69, 9.17) is 19.7 Å². The topological polar surface area (TPSA) is 87.3 Å². The number of rotatable bonds is 9. The molecule has 9 nitrogen and oxygen atoms in total. The molecule has 198 valence electrons. The molecule has 0 aliphatic carbocycles. The number of pyridine rings is 1. The molecule has 0 spiro atoms. The number of halogens is 1. The van der Waals surface area contributed by atoms with Gasteiger partial charge in [-0.3, -0.25) is 9.48 Å². The van der Waals surface area contributed by atoms with Gasteiger partial charge in [-0.05, 0) is 19.8 Å². The van der Waals surface area contributed by atoms with Crippen molar-refractivity contribution in [2.45, 2.75) is 58.4 Å². The highest BCUT2D eigenvalue weighted by atomic mass is 19.1. The summed E-state index contributed by atoms with van der Waals surface area (Å²) >= 11 is 0. The van der Waals surface area contributed by atoms with E-state index in [2.05, 4.69) is 18.1 Å². The molecule has 2 aliphatic heterocycles. The zero-order valence-electron chi connectivity index (χ0n) is 21.8. The molecule has 0 bridgehead atoms. The molecule has 3 aromatic heterocycles. The average molecular weight is 511 g/mol. The highest BCUT2D eigenvalue weighted by molar-refractivity contribution is 5.78. The van der Waals surface area contributed by atoms with E-state index >= 15 is 0 Å². The summed E-state index contributed by atoms with van der Waals surface area (Å²) in [5.74, 6) is -0.111. The van der Waals surface area contributed by atoms with Crippen LogP contribution in [0.1, 0.15) is 56.8 Å². The van der Waals surface area contributed by atoms with Crippen LogP contribution in [0.2, 0.25) is 0 Å². The number of aromatic nitrogens is 5. The summed E-state index contributed by atoms with van der Waals surface area (Å²) in [4.78, 5) is 18.5. The van der Waals surface area contributed by atoms with E-state index in [9.17, 15) is 9.18 Å². The van der Waals surface area contributed by atoms with Gasteiger partial charge in [0, 0.05) is 55.2 Å². The number of hydrogen-bond donors (Lipinski definition) is 0. The summed E-state index contributed by atoms with van der Waals surface area (Å²) in [5, 5.41) is 9.71. The van der Waals surface area contributed by atoms with Crippen LogP contribution in [0.15, 0.2) is 24.7 Å². The minimum atomic E-state index is -0.533. The second kappa shape index (κ2) is 11.0. The van der Waals surface area contributed by atoms with Gasteiger partial charge < -0.3 is 14.4 Å². The summed E-state index contributed by atoms with van der Waals surface area (Å²) < 4.78 is 29.1. The third kappa shape index (κ3) is 4.99. The molecule has 2 aliphatic rings. The Morgan fingerprint density at radius 2 is 2.08 bits per heavy atom. The number of nitrogens with zero attached hydrogens (tertiary/aromatic N) is 6. The van der Waals surface area contributed by atoms with Crippen LogP contribution in [-0.4, -0.2) is 68.8 Å². The summed E-state index contributed by atoms with van der Waals surface area (Å²) in [7, 11) is 1.40. The highest BCUT2D eigenvalue weighted by Crippen LogP contribution is 2.35. The summed E-state index contributed by atoms with van der Waals surface area (Å²) in [5.41, 5.74) is 4.37. The van der Waals surface area contributed by atoms with Crippen molar-refractivity contribution in [1.82, 2.24) is 29.4 Å². The van der Waals surface area contributed by atoms with Gasteiger partial charge in [-0.1, -0.05) is 19.8 Å². The number of unbranched alkanes of at least 4 members (excludes halogenated alkanes) is 1. The van der Waals surface area contributed by atoms with Gasteiger partial charge >= 0.3 is 0 Å². The minimum absolute atomic E-state index is 0.0445. The van der Waals surface area contributed by atoms with E-state index in [-0.39, 0.29) is 23.7 Å². The predicted molar refractivity (Wildman–Crippen MR) is 136 cm³/mol. The van der Waals surface area contributed by atoms with Gasteiger partial charge in [-0.25, -0.2) is 14.1 Å². The Morgan fingerprint density at radius 1 is 1.24 bits per heavy atom. The molecule has 5 rings (SSSR count). The molecular formula is C27H35FN6O3. The smallest absolute Gasteiger partial charge is 0.250 e. The molecule has 0 N–H and O–H groups in total. The summed E-state index contributed by atoms with van der Waals surface area (Å²) in [6, 6.07) is 1.55. The van der Waals surface area contributed by atoms with Crippen molar-refractivity contribution in [3.8, 4) is 22.8 Å². The fourth-order valence-electron chi connectivity index (χ4n) is 5.58. The molecule has 2 atom stereocenters. The molecule has 10 heteroatoms. The largest absolute Gasteiger partial charge is 0.479 e. The minimum Gasteiger partial charge on any atom is -0.479 e. The van der Waals surface area contributed by atoms with Crippen molar-refractivity contribution in [3.05, 3.63) is 41.7 Å². The van der Waals surface area contributed by atoms with E-state index in [1.165, 1.54) is 13.2 Å². The van der Waals surface area contributed by atoms with Crippen molar-refractivity contribution in [3.63, 3.8) is 0 Å². The number of methoxy groups -OCH3 is 1. The van der Waals surface area contributed by atoms with Gasteiger partial charge in [0.2, 0.25) is 11.8 Å². The van der Waals surface area contributed by atoms with E-state index in [0.29, 0.717) is 38.2 Å². The van der Waals surface area contributed by atoms with E-state index < -0.39 is 5.82 Å². The number of ether oxygens (including phenoxy) is 2. The van der Waals surface area contributed by atoms with Crippen LogP contribution in [0, 0.1) is 11.7 Å². The predicted octanol–water partition coefficient (Wildman–Crippen LogP) is 3.99. The normalized spacial score (nSPS) is 18.6. The van der Waals surface area contributed by atoms with Crippen LogP contribution in [-0.2, 0) is 22.4 Å². The Morgan fingerprint density at radius 3 is 2.81 bits per heavy atom. The van der Waals surface area contributed by atoms with Crippen molar-refractivity contribution in [1.29, 1.82) is 0 Å². The Kier molecular flexibility index (Phi) is 7.55. The monoisotopic (exact) mass is 510 g/mol. The lowest BCUT2D eigenvalue weighted by molar-refractivity contribution is -0.127. The molecule has 37 heavy (non-hydrogen) atoms. The lowest BCUT2D eigenvalue weighted by atomic mass is 9.94. The first kappa shape index (κ1) is 25.4. The number of carbonyl (C=O) groups is 1. The van der Waals surface area contributed by atoms with Crippen molar-refractivity contribution >= 4 is 5.91 Å². The second-order valence-electron chi connectivity index (χ2n) is 9.80. The van der Waals surface area contributed by atoms with E-state index in [0.717, 1.165) is 54.9 Å². The van der Waals surface area contributed by atoms with Gasteiger partial charge in [0.25, 0.3) is 0 Å². The highest BCUT2D eigenvalue weighted by Gasteiger charge is 2.35. The standard InChI is InChI=1S/C27H35FN6O3/c1-4-6-7-23(18-12-25(35)32(5-2)16-18)33-17-19(14-30-33)26-21-8-10-37-11-9-24(21)34(31-26)20-13-22(28)27(36-3)29-15-20/h13-15,17-18,23H,4-12,16H2,1-3H3. The van der Waals surface area contributed by atoms with Crippen molar-refractivity contribution < 1.29 is 18.7 Å². The fourth-order valence-corrected chi connectivity index (χ4v) is 5.58. The molecule has 0 radical (unpaired) electrons. The lowest BCUT2D eigenvalue weighted by Gasteiger charge is -2.24. The zero-order valence-corrected chi connectivity index (χ0v) is 21.8. The number of likely N-dealkylation sites (tertiary alicyclic amines) is 1. The number of hydrogen-bond acceptors (Lipinski definition) is 6. The Balaban J connectivity index is 1.51. The van der Waals surface area contributed by atoms with E-state index in [1.807, 2.05) is 22.7 Å². The van der Waals surface area contributed by atoms with Gasteiger partial charge in [-0.15, -0.1) is 0 Å². The van der Waals surface area contributed by atoms with Crippen LogP contribution in [0.3, 0.4) is 0 Å². The Hall–Kier alpha value is -3.27. The average Bonchev–Trinajstić information content (AvgIpc) is 3.57. The van der Waals surface area contributed by atoms with Crippen LogP contribution in [0.25, 0.3) is 16.9 Å². The fraction of sp³-hybridized carbons (Fsp3) is 0.556. The van der Waals surface area contributed by atoms with E-state index in [1.54, 1.807) is 10.9 Å². The molecule has 1 saturated heterocycles. The van der Waals surface area contributed by atoms with Gasteiger partial charge in [-0.2, -0.15) is 10.2 Å². The first-order chi connectivity index (χ1) is 18.0. The third-order valence-corrected chi connectivity index (χ3v) is 7.54. The van der Waals surface area contributed by atoms with Crippen LogP contribution < -0.4 is 4.74 Å². The number of fused-ring (bicyclic) bond motifs is 1. The lowest BCUT2D eigenvalue weighted by Crippen LogP contribution is -2.26. The molecule has 1 amide bonds. The number of amides is 1. The molecule has 0 aromatic carbocycles. The SMILES string of the molecule is CCCCC(C1CC(=O)N(CC)C1)n1cc(-c2nn(-c3cnc(OC)c(F)c3)c3c2CCOCC3)cn1. The molecule has 3 aromatic rings. The van der Waals surface area contributed by atoms with Crippen LogP contribution in [0.5, 0.6) is 5.88 Å². The quantitative estimate of drug-likeness (QED) is 0.433. The molecule has 2 unspecified atom stereocenters. The van der Waals surface area contributed by atoms with Crippen molar-refractivity contribution in [2.75, 3.05) is 33.4 Å².